The Balaban J connectivity index is 1.73. The van der Waals surface area contributed by atoms with Gasteiger partial charge in [0.15, 0.2) is 0 Å². The summed E-state index contributed by atoms with van der Waals surface area (Å²) in [6.45, 7) is 0. The van der Waals surface area contributed by atoms with E-state index in [0.29, 0.717) is 6.04 Å². The van der Waals surface area contributed by atoms with Gasteiger partial charge >= 0.3 is 0 Å². The SMILES string of the molecule is c1ccc2c(NC3CCCc4sccc43)ncnc2c1. The van der Waals surface area contributed by atoms with E-state index in [1.807, 2.05) is 29.5 Å². The second-order valence-electron chi connectivity index (χ2n) is 5.13. The van der Waals surface area contributed by atoms with Crippen LogP contribution in [0.4, 0.5) is 5.82 Å². The summed E-state index contributed by atoms with van der Waals surface area (Å²) in [4.78, 5) is 10.3. The minimum absolute atomic E-state index is 0.378. The maximum Gasteiger partial charge on any atom is 0.137 e. The van der Waals surface area contributed by atoms with Crippen LogP contribution in [-0.2, 0) is 6.42 Å². The van der Waals surface area contributed by atoms with Crippen molar-refractivity contribution in [2.24, 2.45) is 0 Å². The predicted octanol–water partition coefficient (Wildman–Crippen LogP) is 4.18. The first-order chi connectivity index (χ1) is 9.92. The normalized spacial score (nSPS) is 17.9. The van der Waals surface area contributed by atoms with Crippen molar-refractivity contribution in [1.29, 1.82) is 0 Å². The third kappa shape index (κ3) is 1.96. The molecule has 0 aliphatic heterocycles. The van der Waals surface area contributed by atoms with E-state index in [2.05, 4.69) is 32.8 Å². The zero-order valence-electron chi connectivity index (χ0n) is 11.0. The summed E-state index contributed by atoms with van der Waals surface area (Å²) >= 11 is 1.87. The molecule has 1 aromatic carbocycles. The maximum absolute atomic E-state index is 4.44. The summed E-state index contributed by atoms with van der Waals surface area (Å²) in [6, 6.07) is 10.8. The van der Waals surface area contributed by atoms with Crippen molar-refractivity contribution >= 4 is 28.1 Å². The van der Waals surface area contributed by atoms with E-state index >= 15 is 0 Å². The van der Waals surface area contributed by atoms with Gasteiger partial charge in [-0.25, -0.2) is 9.97 Å². The van der Waals surface area contributed by atoms with Gasteiger partial charge in [0.05, 0.1) is 11.6 Å². The Morgan fingerprint density at radius 1 is 1.15 bits per heavy atom. The van der Waals surface area contributed by atoms with Crippen LogP contribution in [0, 0.1) is 0 Å². The van der Waals surface area contributed by atoms with Crippen molar-refractivity contribution in [2.75, 3.05) is 5.32 Å². The van der Waals surface area contributed by atoms with E-state index in [1.54, 1.807) is 6.33 Å². The molecule has 100 valence electrons. The Morgan fingerprint density at radius 2 is 2.10 bits per heavy atom. The van der Waals surface area contributed by atoms with Gasteiger partial charge in [-0.1, -0.05) is 12.1 Å². The number of hydrogen-bond donors (Lipinski definition) is 1. The van der Waals surface area contributed by atoms with E-state index in [9.17, 15) is 0 Å². The third-order valence-corrected chi connectivity index (χ3v) is 4.90. The largest absolute Gasteiger partial charge is 0.363 e. The molecule has 1 N–H and O–H groups in total. The zero-order valence-corrected chi connectivity index (χ0v) is 11.9. The number of aromatic nitrogens is 2. The standard InChI is InChI=1S/C16H15N3S/c1-2-5-13-12(4-1)16(18-10-17-13)19-14-6-3-7-15-11(14)8-9-20-15/h1-2,4-5,8-10,14H,3,6-7H2,(H,17,18,19). The molecule has 3 aromatic rings. The van der Waals surface area contributed by atoms with Crippen LogP contribution in [0.3, 0.4) is 0 Å². The molecular weight excluding hydrogens is 266 g/mol. The minimum atomic E-state index is 0.378. The molecule has 0 saturated heterocycles. The molecule has 20 heavy (non-hydrogen) atoms. The highest BCUT2D eigenvalue weighted by Crippen LogP contribution is 2.36. The van der Waals surface area contributed by atoms with Crippen molar-refractivity contribution in [3.05, 3.63) is 52.5 Å². The molecule has 4 heteroatoms. The molecular formula is C16H15N3S. The summed E-state index contributed by atoms with van der Waals surface area (Å²) in [7, 11) is 0. The number of nitrogens with one attached hydrogen (secondary N) is 1. The van der Waals surface area contributed by atoms with Crippen LogP contribution in [-0.4, -0.2) is 9.97 Å². The lowest BCUT2D eigenvalue weighted by molar-refractivity contribution is 0.607. The molecule has 1 atom stereocenters. The molecule has 0 amide bonds. The highest BCUT2D eigenvalue weighted by molar-refractivity contribution is 7.10. The molecule has 0 bridgehead atoms. The minimum Gasteiger partial charge on any atom is -0.363 e. The zero-order chi connectivity index (χ0) is 13.4. The monoisotopic (exact) mass is 281 g/mol. The van der Waals surface area contributed by atoms with Crippen molar-refractivity contribution in [1.82, 2.24) is 9.97 Å². The van der Waals surface area contributed by atoms with Gasteiger partial charge in [0.25, 0.3) is 0 Å². The molecule has 2 aromatic heterocycles. The topological polar surface area (TPSA) is 37.8 Å². The Kier molecular flexibility index (Phi) is 2.89. The van der Waals surface area contributed by atoms with Crippen LogP contribution in [0.2, 0.25) is 0 Å². The van der Waals surface area contributed by atoms with Gasteiger partial charge in [0.2, 0.25) is 0 Å². The van der Waals surface area contributed by atoms with Crippen LogP contribution < -0.4 is 5.32 Å². The Hall–Kier alpha value is -1.94. The van der Waals surface area contributed by atoms with E-state index in [0.717, 1.165) is 16.7 Å². The first kappa shape index (κ1) is 11.9. The lowest BCUT2D eigenvalue weighted by Gasteiger charge is -2.24. The third-order valence-electron chi connectivity index (χ3n) is 3.91. The molecule has 4 rings (SSSR count). The van der Waals surface area contributed by atoms with Crippen LogP contribution in [0.15, 0.2) is 42.0 Å². The van der Waals surface area contributed by atoms with Crippen molar-refractivity contribution in [3.63, 3.8) is 0 Å². The Labute approximate surface area is 121 Å². The number of rotatable bonds is 2. The van der Waals surface area contributed by atoms with Crippen molar-refractivity contribution in [3.8, 4) is 0 Å². The van der Waals surface area contributed by atoms with Crippen molar-refractivity contribution in [2.45, 2.75) is 25.3 Å². The van der Waals surface area contributed by atoms with Gasteiger partial charge in [-0.15, -0.1) is 11.3 Å². The summed E-state index contributed by atoms with van der Waals surface area (Å²) in [5, 5.41) is 6.91. The second kappa shape index (κ2) is 4.87. The highest BCUT2D eigenvalue weighted by Gasteiger charge is 2.21. The number of nitrogens with zero attached hydrogens (tertiary/aromatic N) is 2. The lowest BCUT2D eigenvalue weighted by Crippen LogP contribution is -2.16. The molecule has 3 nitrogen and oxygen atoms in total. The summed E-state index contributed by atoms with van der Waals surface area (Å²) in [6.07, 6.45) is 5.27. The molecule has 2 heterocycles. The van der Waals surface area contributed by atoms with Gasteiger partial charge in [-0.3, -0.25) is 0 Å². The summed E-state index contributed by atoms with van der Waals surface area (Å²) in [5.74, 6) is 0.944. The highest BCUT2D eigenvalue weighted by atomic mass is 32.1. The number of benzene rings is 1. The molecule has 0 saturated carbocycles. The van der Waals surface area contributed by atoms with Gasteiger partial charge < -0.3 is 5.32 Å². The number of para-hydroxylation sites is 1. The number of anilines is 1. The Bertz CT molecular complexity index is 745. The van der Waals surface area contributed by atoms with E-state index in [-0.39, 0.29) is 0 Å². The van der Waals surface area contributed by atoms with Gasteiger partial charge in [-0.05, 0) is 48.4 Å². The molecule has 0 fully saturated rings. The molecule has 1 unspecified atom stereocenters. The van der Waals surface area contributed by atoms with Gasteiger partial charge in [0.1, 0.15) is 12.1 Å². The first-order valence-electron chi connectivity index (χ1n) is 6.94. The average molecular weight is 281 g/mol. The first-order valence-corrected chi connectivity index (χ1v) is 7.82. The fourth-order valence-corrected chi connectivity index (χ4v) is 3.91. The van der Waals surface area contributed by atoms with E-state index in [1.165, 1.54) is 29.7 Å². The maximum atomic E-state index is 4.44. The van der Waals surface area contributed by atoms with Crippen LogP contribution in [0.25, 0.3) is 10.9 Å². The Morgan fingerprint density at radius 3 is 3.10 bits per heavy atom. The number of hydrogen-bond acceptors (Lipinski definition) is 4. The van der Waals surface area contributed by atoms with Crippen LogP contribution in [0.1, 0.15) is 29.3 Å². The summed E-state index contributed by atoms with van der Waals surface area (Å²) < 4.78 is 0. The van der Waals surface area contributed by atoms with E-state index in [4.69, 9.17) is 0 Å². The molecule has 0 radical (unpaired) electrons. The number of fused-ring (bicyclic) bond motifs is 2. The average Bonchev–Trinajstić information content (AvgIpc) is 2.97. The van der Waals surface area contributed by atoms with Crippen LogP contribution in [0.5, 0.6) is 0 Å². The lowest BCUT2D eigenvalue weighted by atomic mass is 9.94. The fraction of sp³-hybridized carbons (Fsp3) is 0.250. The van der Waals surface area contributed by atoms with Crippen LogP contribution >= 0.6 is 11.3 Å². The number of aryl methyl sites for hydroxylation is 1. The van der Waals surface area contributed by atoms with Gasteiger partial charge in [0, 0.05) is 10.3 Å². The molecule has 0 spiro atoms. The predicted molar refractivity (Wildman–Crippen MR) is 83.2 cm³/mol. The quantitative estimate of drug-likeness (QED) is 0.765. The van der Waals surface area contributed by atoms with E-state index < -0.39 is 0 Å². The molecule has 1 aliphatic rings. The van der Waals surface area contributed by atoms with Crippen molar-refractivity contribution < 1.29 is 0 Å². The summed E-state index contributed by atoms with van der Waals surface area (Å²) in [5.41, 5.74) is 2.44. The second-order valence-corrected chi connectivity index (χ2v) is 6.13. The van der Waals surface area contributed by atoms with Gasteiger partial charge in [-0.2, -0.15) is 0 Å². The fourth-order valence-electron chi connectivity index (χ4n) is 2.92. The molecule has 1 aliphatic carbocycles. The smallest absolute Gasteiger partial charge is 0.137 e. The number of thiophene rings is 1.